The summed E-state index contributed by atoms with van der Waals surface area (Å²) in [5.74, 6) is 0. The summed E-state index contributed by atoms with van der Waals surface area (Å²) >= 11 is 0. The number of hydrogen-bond acceptors (Lipinski definition) is 4. The van der Waals surface area contributed by atoms with Gasteiger partial charge in [0, 0.05) is 49.8 Å². The molecule has 0 aromatic carbocycles. The fraction of sp³-hybridized carbons (Fsp3) is 0.571. The molecular formula is C14H23N5O. The predicted octanol–water partition coefficient (Wildman–Crippen LogP) is 1.19. The number of ether oxygens (including phenoxy) is 1. The maximum Gasteiger partial charge on any atom is 0.0693 e. The van der Waals surface area contributed by atoms with Crippen LogP contribution >= 0.6 is 0 Å². The number of hydrogen-bond donors (Lipinski definition) is 1. The summed E-state index contributed by atoms with van der Waals surface area (Å²) in [6.07, 6.45) is 5.90. The minimum Gasteiger partial charge on any atom is -0.383 e. The molecule has 20 heavy (non-hydrogen) atoms. The van der Waals surface area contributed by atoms with Crippen molar-refractivity contribution < 1.29 is 4.74 Å². The Kier molecular flexibility index (Phi) is 5.31. The lowest BCUT2D eigenvalue weighted by molar-refractivity contribution is 0.199. The van der Waals surface area contributed by atoms with Gasteiger partial charge in [0.15, 0.2) is 0 Å². The van der Waals surface area contributed by atoms with E-state index >= 15 is 0 Å². The topological polar surface area (TPSA) is 56.9 Å². The highest BCUT2D eigenvalue weighted by atomic mass is 16.5. The lowest BCUT2D eigenvalue weighted by atomic mass is 10.2. The van der Waals surface area contributed by atoms with E-state index in [0.717, 1.165) is 32.8 Å². The first-order valence-corrected chi connectivity index (χ1v) is 6.96. The second-order valence-electron chi connectivity index (χ2n) is 4.79. The van der Waals surface area contributed by atoms with E-state index < -0.39 is 0 Å². The molecule has 110 valence electrons. The third-order valence-electron chi connectivity index (χ3n) is 3.35. The second-order valence-corrected chi connectivity index (χ2v) is 4.79. The van der Waals surface area contributed by atoms with Crippen LogP contribution in [0.5, 0.6) is 0 Å². The van der Waals surface area contributed by atoms with Crippen molar-refractivity contribution >= 4 is 0 Å². The Morgan fingerprint density at radius 1 is 1.30 bits per heavy atom. The van der Waals surface area contributed by atoms with Crippen LogP contribution in [0.4, 0.5) is 0 Å². The quantitative estimate of drug-likeness (QED) is 0.737. The lowest BCUT2D eigenvalue weighted by Crippen LogP contribution is -2.18. The molecule has 2 rings (SSSR count). The predicted molar refractivity (Wildman–Crippen MR) is 77.5 cm³/mol. The van der Waals surface area contributed by atoms with E-state index in [0.29, 0.717) is 0 Å². The van der Waals surface area contributed by atoms with Gasteiger partial charge in [0.25, 0.3) is 0 Å². The molecule has 6 heteroatoms. The van der Waals surface area contributed by atoms with E-state index in [1.54, 1.807) is 7.11 Å². The average molecular weight is 277 g/mol. The number of rotatable bonds is 8. The molecule has 0 aliphatic carbocycles. The van der Waals surface area contributed by atoms with Crippen LogP contribution in [0.3, 0.4) is 0 Å². The van der Waals surface area contributed by atoms with Gasteiger partial charge < -0.3 is 10.1 Å². The maximum absolute atomic E-state index is 5.01. The summed E-state index contributed by atoms with van der Waals surface area (Å²) in [7, 11) is 1.71. The third-order valence-corrected chi connectivity index (χ3v) is 3.35. The van der Waals surface area contributed by atoms with Crippen LogP contribution < -0.4 is 5.32 Å². The molecule has 0 radical (unpaired) electrons. The maximum atomic E-state index is 5.01. The minimum absolute atomic E-state index is 0.726. The van der Waals surface area contributed by atoms with Gasteiger partial charge in [0.1, 0.15) is 0 Å². The zero-order valence-electron chi connectivity index (χ0n) is 12.5. The van der Waals surface area contributed by atoms with Crippen molar-refractivity contribution in [1.82, 2.24) is 24.9 Å². The Labute approximate surface area is 119 Å². The highest BCUT2D eigenvalue weighted by molar-refractivity contribution is 5.17. The van der Waals surface area contributed by atoms with Gasteiger partial charge in [-0.3, -0.25) is 9.36 Å². The van der Waals surface area contributed by atoms with Crippen molar-refractivity contribution in [2.45, 2.75) is 33.5 Å². The number of methoxy groups -OCH3 is 1. The van der Waals surface area contributed by atoms with Gasteiger partial charge in [0.05, 0.1) is 25.5 Å². The van der Waals surface area contributed by atoms with Gasteiger partial charge in [0.2, 0.25) is 0 Å². The molecule has 2 heterocycles. The molecule has 1 N–H and O–H groups in total. The molecule has 0 amide bonds. The Bertz CT molecular complexity index is 531. The molecular weight excluding hydrogens is 254 g/mol. The number of aromatic nitrogens is 4. The van der Waals surface area contributed by atoms with Crippen LogP contribution in [0.15, 0.2) is 18.6 Å². The molecule has 6 nitrogen and oxygen atoms in total. The molecule has 0 atom stereocenters. The van der Waals surface area contributed by atoms with Gasteiger partial charge in [-0.05, 0) is 13.8 Å². The van der Waals surface area contributed by atoms with Gasteiger partial charge >= 0.3 is 0 Å². The van der Waals surface area contributed by atoms with Crippen molar-refractivity contribution in [2.24, 2.45) is 0 Å². The van der Waals surface area contributed by atoms with Crippen LogP contribution in [0, 0.1) is 6.92 Å². The van der Waals surface area contributed by atoms with Crippen LogP contribution in [-0.4, -0.2) is 39.8 Å². The van der Waals surface area contributed by atoms with Gasteiger partial charge in [-0.2, -0.15) is 10.2 Å². The second kappa shape index (κ2) is 7.21. The van der Waals surface area contributed by atoms with E-state index in [2.05, 4.69) is 35.6 Å². The van der Waals surface area contributed by atoms with Crippen molar-refractivity contribution in [3.8, 4) is 0 Å². The van der Waals surface area contributed by atoms with Crippen LogP contribution in [0.25, 0.3) is 0 Å². The number of nitrogens with zero attached hydrogens (tertiary/aromatic N) is 4. The smallest absolute Gasteiger partial charge is 0.0693 e. The summed E-state index contributed by atoms with van der Waals surface area (Å²) in [6.45, 7) is 8.25. The van der Waals surface area contributed by atoms with Crippen LogP contribution in [-0.2, 0) is 24.4 Å². The fourth-order valence-electron chi connectivity index (χ4n) is 2.05. The van der Waals surface area contributed by atoms with E-state index in [1.165, 1.54) is 16.8 Å². The normalized spacial score (nSPS) is 11.2. The minimum atomic E-state index is 0.726. The third kappa shape index (κ3) is 3.68. The van der Waals surface area contributed by atoms with Gasteiger partial charge in [-0.15, -0.1) is 0 Å². The first-order valence-electron chi connectivity index (χ1n) is 6.96. The molecule has 0 bridgehead atoms. The zero-order chi connectivity index (χ0) is 14.4. The SMILES string of the molecule is CCn1cc(Cn2ncc(CNCCOC)c2C)cn1. The van der Waals surface area contributed by atoms with Gasteiger partial charge in [-0.1, -0.05) is 0 Å². The Morgan fingerprint density at radius 2 is 2.15 bits per heavy atom. The average Bonchev–Trinajstić information content (AvgIpc) is 3.04. The lowest BCUT2D eigenvalue weighted by Gasteiger charge is -2.05. The summed E-state index contributed by atoms with van der Waals surface area (Å²) in [4.78, 5) is 0. The summed E-state index contributed by atoms with van der Waals surface area (Å²) < 4.78 is 8.96. The Hall–Kier alpha value is -1.66. The van der Waals surface area contributed by atoms with Crippen molar-refractivity contribution in [3.63, 3.8) is 0 Å². The molecule has 0 unspecified atom stereocenters. The molecule has 0 spiro atoms. The summed E-state index contributed by atoms with van der Waals surface area (Å²) in [6, 6.07) is 0. The van der Waals surface area contributed by atoms with Crippen molar-refractivity contribution in [2.75, 3.05) is 20.3 Å². The standard InChI is InChI=1S/C14H23N5O/c1-4-18-10-13(7-16-18)11-19-12(2)14(9-17-19)8-15-5-6-20-3/h7,9-10,15H,4-6,8,11H2,1-3H3. The Morgan fingerprint density at radius 3 is 2.85 bits per heavy atom. The highest BCUT2D eigenvalue weighted by Crippen LogP contribution is 2.09. The van der Waals surface area contributed by atoms with E-state index in [9.17, 15) is 0 Å². The van der Waals surface area contributed by atoms with Crippen LogP contribution in [0.2, 0.25) is 0 Å². The monoisotopic (exact) mass is 277 g/mol. The number of aryl methyl sites for hydroxylation is 1. The highest BCUT2D eigenvalue weighted by Gasteiger charge is 2.07. The molecule has 0 saturated heterocycles. The zero-order valence-corrected chi connectivity index (χ0v) is 12.5. The van der Waals surface area contributed by atoms with Crippen molar-refractivity contribution in [3.05, 3.63) is 35.4 Å². The number of nitrogens with one attached hydrogen (secondary N) is 1. The molecule has 0 aliphatic rings. The summed E-state index contributed by atoms with van der Waals surface area (Å²) in [5, 5.41) is 12.1. The van der Waals surface area contributed by atoms with E-state index in [4.69, 9.17) is 4.74 Å². The summed E-state index contributed by atoms with van der Waals surface area (Å²) in [5.41, 5.74) is 3.60. The largest absolute Gasteiger partial charge is 0.383 e. The molecule has 0 saturated carbocycles. The molecule has 2 aromatic rings. The first kappa shape index (κ1) is 14.7. The van der Waals surface area contributed by atoms with Crippen molar-refractivity contribution in [1.29, 1.82) is 0 Å². The van der Waals surface area contributed by atoms with Gasteiger partial charge in [-0.25, -0.2) is 0 Å². The molecule has 2 aromatic heterocycles. The molecule has 0 aliphatic heterocycles. The fourth-order valence-corrected chi connectivity index (χ4v) is 2.05. The van der Waals surface area contributed by atoms with E-state index in [-0.39, 0.29) is 0 Å². The van der Waals surface area contributed by atoms with E-state index in [1.807, 2.05) is 21.8 Å². The Balaban J connectivity index is 1.94. The van der Waals surface area contributed by atoms with Crippen LogP contribution in [0.1, 0.15) is 23.7 Å². The molecule has 0 fully saturated rings. The first-order chi connectivity index (χ1) is 9.74.